The first-order valence-electron chi connectivity index (χ1n) is 25.6. The molecule has 0 spiro atoms. The van der Waals surface area contributed by atoms with Crippen LogP contribution in [-0.4, -0.2) is 0 Å². The average Bonchev–Trinajstić information content (AvgIpc) is 0.984. The predicted molar refractivity (Wildman–Crippen MR) is 260 cm³/mol. The summed E-state index contributed by atoms with van der Waals surface area (Å²) in [5.74, 6) is 0.968. The van der Waals surface area contributed by atoms with E-state index in [1.807, 2.05) is 133 Å². The number of nitrogens with zero attached hydrogens (tertiary/aromatic N) is 10. The number of nitriles is 10. The molecule has 0 aromatic rings. The van der Waals surface area contributed by atoms with Crippen molar-refractivity contribution in [1.82, 2.24) is 0 Å². The molecule has 70 heteroatoms. The Morgan fingerprint density at radius 1 is 0.245 bits per heavy atom. The fraction of sp³-hybridized carbons (Fsp3) is 0.750. The number of unbranched alkanes of at least 4 members (excludes halogenated alkanes) is 3. The summed E-state index contributed by atoms with van der Waals surface area (Å²) in [6.07, 6.45) is 8.73. The average molecular weight is 2570 g/mol. The van der Waals surface area contributed by atoms with Crippen molar-refractivity contribution < 1.29 is 337 Å². The maximum atomic E-state index is 9.91. The molecule has 110 heavy (non-hydrogen) atoms. The van der Waals surface area contributed by atoms with Crippen molar-refractivity contribution in [2.45, 2.75) is 174 Å². The molecule has 0 aromatic heterocycles. The van der Waals surface area contributed by atoms with Crippen LogP contribution in [0.25, 0.3) is 0 Å². The first kappa shape index (κ1) is 160. The molecule has 0 aromatic carbocycles. The SMILES string of the molecule is CC(C)(C)C#N.CC(C)C#N.CC(C)CC#N.CCC#N.CCC#N.CCC#N.CCC#N.CCC(C)C#N.CCCC#N.CCCCC#N.[F][Nb]([F])([F])([F])[F].[F][Nb]([F])([F])([F])[F].[F][Nb]([F])([F])([F])[F].[F][Nb]([F])([F])([F])[F].[F][Nb]([F])([F])([F])[F].[F][Nb]([F])([F])([F])[F].[F][Nb]([F])([F])([F])[F].[F][Nb]([F])([F])([F])[F].[F][Nb]([F])([F])([F])[F].[F][Nb]([F])([F])([F])[F]. The van der Waals surface area contributed by atoms with Gasteiger partial charge in [-0.15, -0.1) is 0 Å². The summed E-state index contributed by atoms with van der Waals surface area (Å²) in [6, 6.07) is 20.1. The number of hydrogen-bond acceptors (Lipinski definition) is 10. The summed E-state index contributed by atoms with van der Waals surface area (Å²) in [5.41, 5.74) is -0.153. The van der Waals surface area contributed by atoms with Crippen LogP contribution in [-0.2, 0) is 185 Å². The van der Waals surface area contributed by atoms with Crippen LogP contribution in [0, 0.1) is 136 Å². The van der Waals surface area contributed by atoms with Crippen LogP contribution < -0.4 is 0 Å². The molecule has 0 rings (SSSR count). The van der Waals surface area contributed by atoms with Crippen LogP contribution in [0.4, 0.5) is 151 Å². The molecule has 0 bridgehead atoms. The Kier molecular flexibility index (Phi) is 98.6. The van der Waals surface area contributed by atoms with E-state index >= 15 is 0 Å². The Balaban J connectivity index is -0.0000000431. The van der Waals surface area contributed by atoms with Gasteiger partial charge in [0.15, 0.2) is 0 Å². The monoisotopic (exact) mass is 2570 g/mol. The van der Waals surface area contributed by atoms with Gasteiger partial charge in [-0.25, -0.2) is 0 Å². The Hall–Kier alpha value is -1.20. The van der Waals surface area contributed by atoms with Gasteiger partial charge in [0.1, 0.15) is 0 Å². The second-order valence-electron chi connectivity index (χ2n) is 17.4. The molecule has 0 amide bonds. The van der Waals surface area contributed by atoms with Gasteiger partial charge in [-0.3, -0.25) is 0 Å². The Labute approximate surface area is 640 Å². The Morgan fingerprint density at radius 2 is 0.382 bits per heavy atom. The van der Waals surface area contributed by atoms with Gasteiger partial charge in [-0.1, -0.05) is 68.7 Å². The standard InChI is InChI=1S/4C5H9N.2C4H7N.4C3H5N.50FH.10Nb/c1-5(2,3)4-6;1-5(2)3-4-6;1-3-5(2)4-6;1-2-3-4-5-6;1-4(2)3-5;1-2-3-4-5;4*1-2-3-4;;;;;;;;;;;;;;;;;;;;;;;;;;;;;;;;;;;;;;;;;;;;;;;;;;;;;;;;;;;;/h1-3H3;2*5H,3H2,1-2H3;2-4H2,1H3;4H,1-2H3;2-3H2,1H3;4*2H2,1H3;50*1H;;;;;;;;;;/q;;;;;;;;;;;;;;;;;;;;;;;;;;;;;;;;;;;;;;;;;;;;;;;;;;;;;;;;;;;;10*+5/p-50. The quantitative estimate of drug-likeness (QED) is 0.143. The minimum atomic E-state index is -9.19. The molecule has 0 aliphatic heterocycles. The van der Waals surface area contributed by atoms with Crippen molar-refractivity contribution in [2.24, 2.45) is 23.2 Å². The summed E-state index contributed by atoms with van der Waals surface area (Å²) in [7, 11) is 0. The molecule has 1 atom stereocenters. The molecule has 0 heterocycles. The molecule has 680 valence electrons. The van der Waals surface area contributed by atoms with Crippen LogP contribution in [0.5, 0.6) is 0 Å². The van der Waals surface area contributed by atoms with Crippen molar-refractivity contribution in [3.05, 3.63) is 0 Å². The van der Waals surface area contributed by atoms with Crippen molar-refractivity contribution >= 4 is 0 Å². The third-order valence-electron chi connectivity index (χ3n) is 3.56. The minimum absolute atomic E-state index is 0.153. The molecule has 0 saturated heterocycles. The molecule has 0 aliphatic rings. The maximum absolute atomic E-state index is 9.91. The van der Waals surface area contributed by atoms with Gasteiger partial charge >= 0.3 is 337 Å². The van der Waals surface area contributed by atoms with E-state index in [0.717, 1.165) is 32.1 Å². The van der Waals surface area contributed by atoms with E-state index in [-0.39, 0.29) is 17.3 Å². The second-order valence-corrected chi connectivity index (χ2v) is 48.9. The van der Waals surface area contributed by atoms with E-state index in [9.17, 15) is 151 Å². The zero-order valence-corrected chi connectivity index (χ0v) is 79.8. The van der Waals surface area contributed by atoms with Gasteiger partial charge in [-0.05, 0) is 66.7 Å². The van der Waals surface area contributed by atoms with E-state index in [2.05, 4.69) is 31.2 Å². The van der Waals surface area contributed by atoms with Gasteiger partial charge in [0.25, 0.3) is 0 Å². The van der Waals surface area contributed by atoms with Crippen molar-refractivity contribution in [1.29, 1.82) is 52.6 Å². The van der Waals surface area contributed by atoms with Gasteiger partial charge in [-0.2, -0.15) is 52.6 Å². The summed E-state index contributed by atoms with van der Waals surface area (Å²) >= 11 is -91.9. The fourth-order valence-corrected chi connectivity index (χ4v) is 0.641. The summed E-state index contributed by atoms with van der Waals surface area (Å²) in [5, 5.41) is 78.4. The van der Waals surface area contributed by atoms with Crippen molar-refractivity contribution in [3.63, 3.8) is 0 Å². The number of hydrogen-bond donors (Lipinski definition) is 0. The third kappa shape index (κ3) is 3050. The first-order chi connectivity index (χ1) is 45.8. The van der Waals surface area contributed by atoms with Gasteiger partial charge in [0, 0.05) is 62.2 Å². The molecular weight excluding hydrogens is 2500 g/mol. The molecule has 0 N–H and O–H groups in total. The number of halogens is 50. The van der Waals surface area contributed by atoms with Crippen LogP contribution >= 0.6 is 0 Å². The topological polar surface area (TPSA) is 238 Å². The van der Waals surface area contributed by atoms with Crippen LogP contribution in [0.1, 0.15) is 174 Å². The summed E-state index contributed by atoms with van der Waals surface area (Å²) in [6.45, 7) is 28.7. The fourth-order valence-electron chi connectivity index (χ4n) is 0.641. The van der Waals surface area contributed by atoms with Crippen molar-refractivity contribution in [2.75, 3.05) is 0 Å². The third-order valence-corrected chi connectivity index (χ3v) is 3.56. The normalized spacial score (nSPS) is 13.9. The van der Waals surface area contributed by atoms with Crippen molar-refractivity contribution in [3.8, 4) is 60.7 Å². The van der Waals surface area contributed by atoms with E-state index in [4.69, 9.17) is 52.6 Å². The first-order valence-corrected chi connectivity index (χ1v) is 67.2. The predicted octanol–water partition coefficient (Wildman–Crippen LogP) is 33.5. The molecule has 0 radical (unpaired) electrons. The van der Waals surface area contributed by atoms with Gasteiger partial charge in [0.05, 0.1) is 60.7 Å². The Morgan fingerprint density at radius 3 is 0.391 bits per heavy atom. The zero-order valence-electron chi connectivity index (χ0n) is 57.9. The molecule has 0 fully saturated rings. The van der Waals surface area contributed by atoms with Crippen LogP contribution in [0.3, 0.4) is 0 Å². The molecule has 0 saturated carbocycles. The van der Waals surface area contributed by atoms with Crippen LogP contribution in [0.2, 0.25) is 0 Å². The Bertz CT molecular complexity index is 2160. The van der Waals surface area contributed by atoms with E-state index in [1.165, 1.54) is 0 Å². The van der Waals surface area contributed by atoms with E-state index in [1.54, 1.807) is 0 Å². The summed E-state index contributed by atoms with van der Waals surface area (Å²) in [4.78, 5) is 0. The number of rotatable bonds is 5. The van der Waals surface area contributed by atoms with Crippen LogP contribution in [0.15, 0.2) is 0 Å². The molecule has 0 aliphatic carbocycles. The molecule has 1 unspecified atom stereocenters. The summed E-state index contributed by atoms with van der Waals surface area (Å²) < 4.78 is 496. The molecular formula is C40H70F50N10Nb10. The zero-order chi connectivity index (χ0) is 96.6. The second kappa shape index (κ2) is 67.7. The van der Waals surface area contributed by atoms with E-state index in [0.29, 0.717) is 44.4 Å². The van der Waals surface area contributed by atoms with Gasteiger partial charge in [0.2, 0.25) is 0 Å². The van der Waals surface area contributed by atoms with Gasteiger partial charge < -0.3 is 0 Å². The van der Waals surface area contributed by atoms with E-state index < -0.39 is 185 Å². The molecule has 10 nitrogen and oxygen atoms in total.